The summed E-state index contributed by atoms with van der Waals surface area (Å²) in [5.74, 6) is 0.973. The summed E-state index contributed by atoms with van der Waals surface area (Å²) in [4.78, 5) is 1.23. The zero-order valence-electron chi connectivity index (χ0n) is 7.89. The average Bonchev–Trinajstić information content (AvgIpc) is 2.62. The number of nitrogens with one attached hydrogen (secondary N) is 1. The molecule has 70 valence electrons. The van der Waals surface area contributed by atoms with E-state index in [-0.39, 0.29) is 0 Å². The van der Waals surface area contributed by atoms with Gasteiger partial charge in [-0.25, -0.2) is 0 Å². The van der Waals surface area contributed by atoms with Crippen LogP contribution in [0.15, 0.2) is 17.0 Å². The Bertz CT molecular complexity index is 294. The third-order valence-electron chi connectivity index (χ3n) is 2.32. The maximum Gasteiger partial charge on any atom is 0.134 e. The lowest BCUT2D eigenvalue weighted by Gasteiger charge is -2.08. The number of hydrogen-bond donors (Lipinski definition) is 1. The van der Waals surface area contributed by atoms with Crippen molar-refractivity contribution in [1.29, 1.82) is 0 Å². The Morgan fingerprint density at radius 1 is 1.46 bits per heavy atom. The van der Waals surface area contributed by atoms with E-state index in [4.69, 9.17) is 4.74 Å². The lowest BCUT2D eigenvalue weighted by atomic mass is 10.1. The van der Waals surface area contributed by atoms with Crippen molar-refractivity contribution in [2.24, 2.45) is 0 Å². The fourth-order valence-corrected chi connectivity index (χ4v) is 2.23. The lowest BCUT2D eigenvalue weighted by Crippen LogP contribution is -1.91. The SMILES string of the molecule is COc1cc2c(cc1SC)CCN2. The molecule has 1 aromatic carbocycles. The van der Waals surface area contributed by atoms with Gasteiger partial charge in [-0.15, -0.1) is 11.8 Å². The minimum absolute atomic E-state index is 0.973. The van der Waals surface area contributed by atoms with Crippen LogP contribution in [0.25, 0.3) is 0 Å². The van der Waals surface area contributed by atoms with Crippen molar-refractivity contribution in [3.8, 4) is 5.75 Å². The van der Waals surface area contributed by atoms with Crippen LogP contribution in [-0.4, -0.2) is 19.9 Å². The highest BCUT2D eigenvalue weighted by atomic mass is 32.2. The van der Waals surface area contributed by atoms with E-state index >= 15 is 0 Å². The fourth-order valence-electron chi connectivity index (χ4n) is 1.62. The molecule has 0 fully saturated rings. The third kappa shape index (κ3) is 1.48. The Balaban J connectivity index is 2.47. The molecule has 1 aromatic rings. The Kier molecular flexibility index (Phi) is 2.36. The van der Waals surface area contributed by atoms with E-state index in [1.54, 1.807) is 18.9 Å². The Hall–Kier alpha value is -0.830. The van der Waals surface area contributed by atoms with Crippen LogP contribution in [-0.2, 0) is 6.42 Å². The van der Waals surface area contributed by atoms with Crippen LogP contribution in [0.3, 0.4) is 0 Å². The highest BCUT2D eigenvalue weighted by molar-refractivity contribution is 7.98. The van der Waals surface area contributed by atoms with Crippen molar-refractivity contribution in [1.82, 2.24) is 0 Å². The molecule has 1 heterocycles. The summed E-state index contributed by atoms with van der Waals surface area (Å²) in [5.41, 5.74) is 2.64. The highest BCUT2D eigenvalue weighted by Gasteiger charge is 2.13. The van der Waals surface area contributed by atoms with E-state index in [2.05, 4.69) is 23.7 Å². The monoisotopic (exact) mass is 195 g/mol. The first-order valence-electron chi connectivity index (χ1n) is 4.34. The van der Waals surface area contributed by atoms with Gasteiger partial charge in [0.2, 0.25) is 0 Å². The smallest absolute Gasteiger partial charge is 0.134 e. The summed E-state index contributed by atoms with van der Waals surface area (Å²) in [6.45, 7) is 1.05. The third-order valence-corrected chi connectivity index (χ3v) is 3.08. The first-order chi connectivity index (χ1) is 6.35. The molecule has 0 unspecified atom stereocenters. The van der Waals surface area contributed by atoms with E-state index in [0.717, 1.165) is 18.7 Å². The van der Waals surface area contributed by atoms with Gasteiger partial charge in [0.15, 0.2) is 0 Å². The molecule has 1 aliphatic rings. The van der Waals surface area contributed by atoms with Crippen LogP contribution in [0, 0.1) is 0 Å². The van der Waals surface area contributed by atoms with Gasteiger partial charge in [-0.05, 0) is 24.3 Å². The Labute approximate surface area is 82.7 Å². The molecule has 0 aliphatic carbocycles. The van der Waals surface area contributed by atoms with E-state index in [1.807, 2.05) is 0 Å². The van der Waals surface area contributed by atoms with Crippen molar-refractivity contribution in [3.05, 3.63) is 17.7 Å². The minimum Gasteiger partial charge on any atom is -0.496 e. The van der Waals surface area contributed by atoms with Crippen molar-refractivity contribution in [2.75, 3.05) is 25.2 Å². The van der Waals surface area contributed by atoms with Crippen molar-refractivity contribution in [2.45, 2.75) is 11.3 Å². The molecular weight excluding hydrogens is 182 g/mol. The quantitative estimate of drug-likeness (QED) is 0.732. The second kappa shape index (κ2) is 3.50. The van der Waals surface area contributed by atoms with E-state index in [9.17, 15) is 0 Å². The maximum atomic E-state index is 5.30. The molecule has 0 saturated carbocycles. The first-order valence-corrected chi connectivity index (χ1v) is 5.56. The summed E-state index contributed by atoms with van der Waals surface area (Å²) < 4.78 is 5.30. The van der Waals surface area contributed by atoms with Gasteiger partial charge in [-0.2, -0.15) is 0 Å². The molecule has 2 rings (SSSR count). The molecule has 0 spiro atoms. The largest absolute Gasteiger partial charge is 0.496 e. The maximum absolute atomic E-state index is 5.30. The van der Waals surface area contributed by atoms with Crippen molar-refractivity contribution >= 4 is 17.4 Å². The van der Waals surface area contributed by atoms with Crippen LogP contribution in [0.1, 0.15) is 5.56 Å². The molecule has 13 heavy (non-hydrogen) atoms. The molecule has 0 atom stereocenters. The van der Waals surface area contributed by atoms with Gasteiger partial charge < -0.3 is 10.1 Å². The van der Waals surface area contributed by atoms with Gasteiger partial charge in [-0.1, -0.05) is 0 Å². The fraction of sp³-hybridized carbons (Fsp3) is 0.400. The number of benzene rings is 1. The number of ether oxygens (including phenoxy) is 1. The van der Waals surface area contributed by atoms with Gasteiger partial charge in [0.25, 0.3) is 0 Å². The summed E-state index contributed by atoms with van der Waals surface area (Å²) in [6.07, 6.45) is 3.21. The molecule has 0 radical (unpaired) electrons. The van der Waals surface area contributed by atoms with Crippen LogP contribution < -0.4 is 10.1 Å². The predicted octanol–water partition coefficient (Wildman–Crippen LogP) is 2.39. The second-order valence-corrected chi connectivity index (χ2v) is 3.89. The number of rotatable bonds is 2. The molecule has 1 N–H and O–H groups in total. The summed E-state index contributed by atoms with van der Waals surface area (Å²) in [6, 6.07) is 4.31. The van der Waals surface area contributed by atoms with E-state index in [0.29, 0.717) is 0 Å². The van der Waals surface area contributed by atoms with Gasteiger partial charge in [-0.3, -0.25) is 0 Å². The Morgan fingerprint density at radius 2 is 2.31 bits per heavy atom. The molecule has 2 nitrogen and oxygen atoms in total. The number of thioether (sulfide) groups is 1. The van der Waals surface area contributed by atoms with Gasteiger partial charge in [0, 0.05) is 23.2 Å². The molecular formula is C10H13NOS. The molecule has 0 bridgehead atoms. The number of fused-ring (bicyclic) bond motifs is 1. The second-order valence-electron chi connectivity index (χ2n) is 3.04. The minimum atomic E-state index is 0.973. The summed E-state index contributed by atoms with van der Waals surface area (Å²) >= 11 is 1.73. The topological polar surface area (TPSA) is 21.3 Å². The van der Waals surface area contributed by atoms with Gasteiger partial charge in [0.1, 0.15) is 5.75 Å². The van der Waals surface area contributed by atoms with E-state index < -0.39 is 0 Å². The summed E-state index contributed by atoms with van der Waals surface area (Å²) in [7, 11) is 1.72. The van der Waals surface area contributed by atoms with Crippen molar-refractivity contribution in [3.63, 3.8) is 0 Å². The van der Waals surface area contributed by atoms with Gasteiger partial charge in [0.05, 0.1) is 7.11 Å². The lowest BCUT2D eigenvalue weighted by molar-refractivity contribution is 0.405. The van der Waals surface area contributed by atoms with Crippen LogP contribution in [0.5, 0.6) is 5.75 Å². The zero-order chi connectivity index (χ0) is 9.26. The molecule has 0 amide bonds. The van der Waals surface area contributed by atoms with E-state index in [1.165, 1.54) is 16.1 Å². The summed E-state index contributed by atoms with van der Waals surface area (Å²) in [5, 5.41) is 3.34. The number of methoxy groups -OCH3 is 1. The molecule has 0 aromatic heterocycles. The molecule has 3 heteroatoms. The number of hydrogen-bond acceptors (Lipinski definition) is 3. The van der Waals surface area contributed by atoms with Crippen LogP contribution in [0.2, 0.25) is 0 Å². The predicted molar refractivity (Wildman–Crippen MR) is 57.0 cm³/mol. The highest BCUT2D eigenvalue weighted by Crippen LogP contribution is 2.35. The number of anilines is 1. The molecule has 0 saturated heterocycles. The zero-order valence-corrected chi connectivity index (χ0v) is 8.70. The van der Waals surface area contributed by atoms with Crippen molar-refractivity contribution < 1.29 is 4.74 Å². The average molecular weight is 195 g/mol. The Morgan fingerprint density at radius 3 is 3.00 bits per heavy atom. The van der Waals surface area contributed by atoms with Gasteiger partial charge >= 0.3 is 0 Å². The van der Waals surface area contributed by atoms with Crippen LogP contribution >= 0.6 is 11.8 Å². The first kappa shape index (κ1) is 8.75. The molecule has 1 aliphatic heterocycles. The van der Waals surface area contributed by atoms with Crippen LogP contribution in [0.4, 0.5) is 5.69 Å². The standard InChI is InChI=1S/C10H13NOS/c1-12-9-6-8-7(3-4-11-8)5-10(9)13-2/h5-6,11H,3-4H2,1-2H3. The normalized spacial score (nSPS) is 13.7.